The molecule has 0 fully saturated rings. The molecule has 0 saturated heterocycles. The van der Waals surface area contributed by atoms with E-state index in [-0.39, 0.29) is 23.9 Å². The summed E-state index contributed by atoms with van der Waals surface area (Å²) in [6.07, 6.45) is 1.43. The van der Waals surface area contributed by atoms with Crippen LogP contribution < -0.4 is 21.2 Å². The summed E-state index contributed by atoms with van der Waals surface area (Å²) >= 11 is 5.78. The molecule has 6 nitrogen and oxygen atoms in total. The summed E-state index contributed by atoms with van der Waals surface area (Å²) < 4.78 is 28.9. The molecular weight excluding hydrogens is 794 g/mol. The smallest absolute Gasteiger partial charge is 0.230 e. The lowest BCUT2D eigenvalue weighted by Gasteiger charge is -2.22. The highest BCUT2D eigenvalue weighted by Crippen LogP contribution is 2.49. The maximum atomic E-state index is 14.5. The van der Waals surface area contributed by atoms with Gasteiger partial charge in [0.2, 0.25) is 25.3 Å². The number of Topliss-reactive ketones (excluding diaryl/α,β-unsaturated/α-hetero) is 1. The van der Waals surface area contributed by atoms with Gasteiger partial charge in [0.05, 0.1) is 0 Å². The van der Waals surface area contributed by atoms with E-state index in [2.05, 4.69) is 6.58 Å². The van der Waals surface area contributed by atoms with Crippen LogP contribution in [0.1, 0.15) is 81.2 Å². The zero-order chi connectivity index (χ0) is 43.1. The minimum Gasteiger partial charge on any atom is -0.305 e. The summed E-state index contributed by atoms with van der Waals surface area (Å²) in [5, 5.41) is 1.92. The van der Waals surface area contributed by atoms with Crippen LogP contribution in [0.4, 0.5) is 0 Å². The van der Waals surface area contributed by atoms with Gasteiger partial charge in [-0.15, -0.1) is 11.6 Å². The Bertz CT molecular complexity index is 2570. The van der Waals surface area contributed by atoms with Crippen LogP contribution in [0, 0.1) is 41.5 Å². The summed E-state index contributed by atoms with van der Waals surface area (Å²) in [5.74, 6) is -0.145. The van der Waals surface area contributed by atoms with E-state index in [1.54, 1.807) is 117 Å². The van der Waals surface area contributed by atoms with Crippen molar-refractivity contribution in [3.05, 3.63) is 202 Å². The Labute approximate surface area is 352 Å². The van der Waals surface area contributed by atoms with E-state index in [1.165, 1.54) is 6.08 Å². The molecule has 0 radical (unpaired) electrons. The first-order chi connectivity index (χ1) is 28.1. The van der Waals surface area contributed by atoms with Crippen LogP contribution in [0.3, 0.4) is 0 Å². The molecular formula is C50H47ClO6P2. The number of rotatable bonds is 13. The number of alkyl halides is 1. The molecule has 6 aromatic rings. The summed E-state index contributed by atoms with van der Waals surface area (Å²) in [7, 11) is -7.29. The van der Waals surface area contributed by atoms with E-state index in [4.69, 9.17) is 11.6 Å². The van der Waals surface area contributed by atoms with Crippen molar-refractivity contribution in [1.29, 1.82) is 0 Å². The molecule has 9 heteroatoms. The monoisotopic (exact) mass is 840 g/mol. The van der Waals surface area contributed by atoms with Crippen molar-refractivity contribution in [3.63, 3.8) is 0 Å². The molecule has 59 heavy (non-hydrogen) atoms. The largest absolute Gasteiger partial charge is 0.305 e. The second-order valence-electron chi connectivity index (χ2n) is 14.4. The number of hydrogen-bond acceptors (Lipinski definition) is 6. The summed E-state index contributed by atoms with van der Waals surface area (Å²) in [6, 6.07) is 39.0. The van der Waals surface area contributed by atoms with Gasteiger partial charge in [-0.2, -0.15) is 0 Å². The van der Waals surface area contributed by atoms with Crippen LogP contribution in [0.5, 0.6) is 0 Å². The fourth-order valence-corrected chi connectivity index (χ4v) is 13.2. The lowest BCUT2D eigenvalue weighted by Crippen LogP contribution is -2.24. The number of allylic oxidation sites excluding steroid dienone is 1. The number of benzene rings is 6. The predicted molar refractivity (Wildman–Crippen MR) is 244 cm³/mol. The van der Waals surface area contributed by atoms with E-state index in [9.17, 15) is 28.3 Å². The summed E-state index contributed by atoms with van der Waals surface area (Å²) in [4.78, 5) is 53.0. The zero-order valence-electron chi connectivity index (χ0n) is 34.1. The molecule has 0 bridgehead atoms. The lowest BCUT2D eigenvalue weighted by molar-refractivity contribution is 0.0986. The van der Waals surface area contributed by atoms with E-state index >= 15 is 0 Å². The van der Waals surface area contributed by atoms with Gasteiger partial charge < -0.3 is 9.13 Å². The number of aryl methyl sites for hydroxylation is 4. The van der Waals surface area contributed by atoms with E-state index < -0.39 is 25.3 Å². The van der Waals surface area contributed by atoms with Crippen molar-refractivity contribution in [1.82, 2.24) is 0 Å². The van der Waals surface area contributed by atoms with Gasteiger partial charge in [-0.05, 0) is 81.0 Å². The highest BCUT2D eigenvalue weighted by Gasteiger charge is 2.40. The molecule has 0 unspecified atom stereocenters. The summed E-state index contributed by atoms with van der Waals surface area (Å²) in [5.41, 5.74) is 4.84. The number of hydrogen-bond donors (Lipinski definition) is 0. The minimum atomic E-state index is -3.65. The number of halogens is 1. The third-order valence-corrected chi connectivity index (χ3v) is 16.3. The van der Waals surface area contributed by atoms with Crippen LogP contribution >= 0.6 is 25.9 Å². The van der Waals surface area contributed by atoms with Gasteiger partial charge in [-0.1, -0.05) is 140 Å². The number of ketones is 2. The van der Waals surface area contributed by atoms with E-state index in [0.29, 0.717) is 65.7 Å². The Morgan fingerprint density at radius 2 is 0.780 bits per heavy atom. The molecule has 0 spiro atoms. The molecule has 0 amide bonds. The van der Waals surface area contributed by atoms with Gasteiger partial charge in [0.25, 0.3) is 0 Å². The Kier molecular flexibility index (Phi) is 14.4. The van der Waals surface area contributed by atoms with E-state index in [1.807, 2.05) is 58.0 Å². The van der Waals surface area contributed by atoms with Gasteiger partial charge in [0.15, 0.2) is 11.6 Å². The molecule has 6 aromatic carbocycles. The Balaban J connectivity index is 0.000000224. The number of carbonyl (C=O) groups excluding carboxylic acids is 4. The SMILES string of the molecule is C=CC(=O)c1c(C)cc(C)c(C(=O)P(=O)(c2ccccc2)c2ccccc2)c1C.Cc1cc(C)c(C(=O)P(=O)(c2ccccc2)c2ccccc2)c(C)c1C(=O)CCCl. The standard InChI is InChI=1S/C25H24ClO3P.C25H23O3P/c1-17-16-18(2)24(19(3)23(17)22(27)14-15-26)25(28)30(29,20-10-6-4-7-11-20)21-12-8-5-9-13-21;1-5-22(26)23-17(2)16-18(3)24(19(23)4)25(27)29(28,20-12-8-6-9-13-20)21-14-10-7-11-15-21/h4-13,16H,14-15H2,1-3H3;5-16H,1H2,2-4H3. The van der Waals surface area contributed by atoms with Crippen LogP contribution in [0.15, 0.2) is 146 Å². The molecule has 6 rings (SSSR count). The molecule has 0 heterocycles. The van der Waals surface area contributed by atoms with Gasteiger partial charge in [0, 0.05) is 55.8 Å². The van der Waals surface area contributed by atoms with Crippen molar-refractivity contribution in [3.8, 4) is 0 Å². The number of carbonyl (C=O) groups is 4. The van der Waals surface area contributed by atoms with E-state index in [0.717, 1.165) is 11.1 Å². The second kappa shape index (κ2) is 19.0. The van der Waals surface area contributed by atoms with Crippen molar-refractivity contribution in [2.75, 3.05) is 5.88 Å². The first kappa shape index (κ1) is 44.6. The quantitative estimate of drug-likeness (QED) is 0.0497. The van der Waals surface area contributed by atoms with Crippen molar-refractivity contribution in [2.24, 2.45) is 0 Å². The van der Waals surface area contributed by atoms with Crippen LogP contribution in [-0.4, -0.2) is 28.5 Å². The fraction of sp³-hybridized carbons (Fsp3) is 0.160. The molecule has 0 aliphatic rings. The Hall–Kier alpha value is -5.51. The van der Waals surface area contributed by atoms with Gasteiger partial charge in [-0.3, -0.25) is 19.2 Å². The van der Waals surface area contributed by atoms with Crippen molar-refractivity contribution < 1.29 is 28.3 Å². The highest BCUT2D eigenvalue weighted by atomic mass is 35.5. The average molecular weight is 841 g/mol. The highest BCUT2D eigenvalue weighted by molar-refractivity contribution is 7.94. The molecule has 300 valence electrons. The topological polar surface area (TPSA) is 102 Å². The maximum absolute atomic E-state index is 14.5. The predicted octanol–water partition coefficient (Wildman–Crippen LogP) is 10.7. The second-order valence-corrected chi connectivity index (χ2v) is 20.1. The minimum absolute atomic E-state index is 0.108. The molecule has 0 saturated carbocycles. The van der Waals surface area contributed by atoms with Crippen LogP contribution in [0.25, 0.3) is 0 Å². The van der Waals surface area contributed by atoms with Crippen LogP contribution in [0.2, 0.25) is 0 Å². The molecule has 0 N–H and O–H groups in total. The lowest BCUT2D eigenvalue weighted by atomic mass is 9.91. The van der Waals surface area contributed by atoms with Gasteiger partial charge in [-0.25, -0.2) is 0 Å². The van der Waals surface area contributed by atoms with Gasteiger partial charge in [0.1, 0.15) is 0 Å². The Morgan fingerprint density at radius 1 is 0.492 bits per heavy atom. The van der Waals surface area contributed by atoms with Gasteiger partial charge >= 0.3 is 0 Å². The molecule has 0 atom stereocenters. The average Bonchev–Trinajstić information content (AvgIpc) is 3.24. The summed E-state index contributed by atoms with van der Waals surface area (Å²) in [6.45, 7) is 14.4. The first-order valence-electron chi connectivity index (χ1n) is 19.1. The Morgan fingerprint density at radius 3 is 1.08 bits per heavy atom. The third kappa shape index (κ3) is 8.77. The molecule has 0 aliphatic heterocycles. The van der Waals surface area contributed by atoms with Crippen molar-refractivity contribution in [2.45, 2.75) is 48.0 Å². The fourth-order valence-electron chi connectivity index (χ4n) is 7.78. The molecule has 0 aliphatic carbocycles. The first-order valence-corrected chi connectivity index (χ1v) is 23.1. The zero-order valence-corrected chi connectivity index (χ0v) is 36.7. The maximum Gasteiger partial charge on any atom is 0.230 e. The normalized spacial score (nSPS) is 11.2. The van der Waals surface area contributed by atoms with Crippen LogP contribution in [-0.2, 0) is 9.13 Å². The third-order valence-electron chi connectivity index (χ3n) is 10.5. The molecule has 0 aromatic heterocycles. The van der Waals surface area contributed by atoms with Crippen molar-refractivity contribution >= 4 is 69.7 Å².